The number of benzene rings is 1. The van der Waals surface area contributed by atoms with Gasteiger partial charge in [-0.25, -0.2) is 4.98 Å². The SMILES string of the molecule is CCC(C)[C@H](NC(=O)[C@@H](NC)C(C)C)C(=O)N(C)[C@H](CC(OC)c1nc(C(=O)N[C@@H](Cc2ccccc2)C(=O)CC(=O)O)cs1)C(C)C. The maximum Gasteiger partial charge on any atom is 0.310 e. The fourth-order valence-electron chi connectivity index (χ4n) is 5.61. The van der Waals surface area contributed by atoms with Gasteiger partial charge in [0.25, 0.3) is 5.91 Å². The van der Waals surface area contributed by atoms with Crippen molar-refractivity contribution in [2.24, 2.45) is 17.8 Å². The zero-order chi connectivity index (χ0) is 36.1. The summed E-state index contributed by atoms with van der Waals surface area (Å²) >= 11 is 1.22. The number of aliphatic carboxylic acids is 1. The summed E-state index contributed by atoms with van der Waals surface area (Å²) in [4.78, 5) is 70.6. The Morgan fingerprint density at radius 1 is 0.979 bits per heavy atom. The number of methoxy groups -OCH3 is 1. The fraction of sp³-hybridized carbons (Fsp3) is 0.600. The number of nitrogens with one attached hydrogen (secondary N) is 3. The molecule has 2 aromatic rings. The molecule has 0 radical (unpaired) electrons. The molecule has 2 rings (SSSR count). The first-order valence-electron chi connectivity index (χ1n) is 16.5. The van der Waals surface area contributed by atoms with Crippen LogP contribution in [-0.4, -0.2) is 89.8 Å². The molecule has 0 aliphatic carbocycles. The normalized spacial score (nSPS) is 15.2. The number of aromatic nitrogens is 1. The van der Waals surface area contributed by atoms with E-state index in [1.807, 2.05) is 47.6 Å². The molecule has 1 aromatic carbocycles. The minimum absolute atomic E-state index is 0.0207. The van der Waals surface area contributed by atoms with Gasteiger partial charge in [0.1, 0.15) is 29.3 Å². The lowest BCUT2D eigenvalue weighted by Gasteiger charge is -2.37. The topological polar surface area (TPSA) is 167 Å². The standard InChI is InChI=1S/C35H53N5O7S/c1-10-22(6)31(39-33(45)30(36-7)21(4)5)35(46)40(8)26(20(2)3)17-28(47-9)34-38-25(19-48-34)32(44)37-24(27(41)18-29(42)43)16-23-14-12-11-13-15-23/h11-15,19-22,24,26,28,30-31,36H,10,16-18H2,1-9H3,(H,37,44)(H,39,45)(H,42,43)/t22?,24-,26+,28?,30-,31-/m0/s1. The molecule has 0 fully saturated rings. The van der Waals surface area contributed by atoms with Gasteiger partial charge in [-0.1, -0.05) is 78.3 Å². The van der Waals surface area contributed by atoms with Crippen LogP contribution in [0.3, 0.4) is 0 Å². The predicted octanol–water partition coefficient (Wildman–Crippen LogP) is 3.86. The molecule has 0 bridgehead atoms. The van der Waals surface area contributed by atoms with E-state index in [2.05, 4.69) is 20.9 Å². The van der Waals surface area contributed by atoms with Gasteiger partial charge >= 0.3 is 5.97 Å². The summed E-state index contributed by atoms with van der Waals surface area (Å²) in [6.45, 7) is 11.8. The molecule has 48 heavy (non-hydrogen) atoms. The van der Waals surface area contributed by atoms with E-state index in [9.17, 15) is 29.1 Å². The first kappa shape index (κ1) is 40.5. The minimum Gasteiger partial charge on any atom is -0.481 e. The van der Waals surface area contributed by atoms with Crippen LogP contribution in [0.4, 0.5) is 0 Å². The lowest BCUT2D eigenvalue weighted by Crippen LogP contribution is -2.57. The second-order valence-corrected chi connectivity index (χ2v) is 13.8. The number of likely N-dealkylation sites (N-methyl/N-ethyl adjacent to an activating group) is 2. The Hall–Kier alpha value is -3.68. The van der Waals surface area contributed by atoms with E-state index in [0.717, 1.165) is 5.56 Å². The number of carboxylic acid groups (broad SMARTS) is 1. The molecule has 13 heteroatoms. The third-order valence-corrected chi connectivity index (χ3v) is 9.66. The van der Waals surface area contributed by atoms with Gasteiger partial charge < -0.3 is 30.7 Å². The second-order valence-electron chi connectivity index (χ2n) is 12.9. The van der Waals surface area contributed by atoms with Crippen molar-refractivity contribution in [3.63, 3.8) is 0 Å². The highest BCUT2D eigenvalue weighted by atomic mass is 32.1. The zero-order valence-corrected chi connectivity index (χ0v) is 30.4. The Morgan fingerprint density at radius 2 is 1.62 bits per heavy atom. The summed E-state index contributed by atoms with van der Waals surface area (Å²) < 4.78 is 5.83. The smallest absolute Gasteiger partial charge is 0.310 e. The van der Waals surface area contributed by atoms with Crippen LogP contribution in [0.2, 0.25) is 0 Å². The summed E-state index contributed by atoms with van der Waals surface area (Å²) in [5.41, 5.74) is 0.850. The molecule has 3 amide bonds. The molecule has 0 saturated heterocycles. The van der Waals surface area contributed by atoms with Gasteiger partial charge in [0, 0.05) is 32.0 Å². The van der Waals surface area contributed by atoms with Crippen LogP contribution in [0.25, 0.3) is 0 Å². The van der Waals surface area contributed by atoms with Crippen molar-refractivity contribution < 1.29 is 33.8 Å². The van der Waals surface area contributed by atoms with E-state index in [-0.39, 0.29) is 47.7 Å². The van der Waals surface area contributed by atoms with Crippen LogP contribution in [-0.2, 0) is 30.3 Å². The number of carbonyl (C=O) groups is 5. The van der Waals surface area contributed by atoms with Crippen molar-refractivity contribution in [1.82, 2.24) is 25.8 Å². The number of amides is 3. The van der Waals surface area contributed by atoms with Crippen molar-refractivity contribution in [3.8, 4) is 0 Å². The van der Waals surface area contributed by atoms with Crippen LogP contribution in [0.5, 0.6) is 0 Å². The van der Waals surface area contributed by atoms with E-state index in [0.29, 0.717) is 17.8 Å². The van der Waals surface area contributed by atoms with Crippen molar-refractivity contribution >= 4 is 40.8 Å². The van der Waals surface area contributed by atoms with E-state index in [4.69, 9.17) is 4.74 Å². The third-order valence-electron chi connectivity index (χ3n) is 8.72. The average molecular weight is 688 g/mol. The highest BCUT2D eigenvalue weighted by Gasteiger charge is 2.36. The van der Waals surface area contributed by atoms with Crippen molar-refractivity contribution in [3.05, 3.63) is 52.0 Å². The van der Waals surface area contributed by atoms with E-state index in [1.165, 1.54) is 18.4 Å². The Morgan fingerprint density at radius 3 is 2.15 bits per heavy atom. The molecule has 0 saturated carbocycles. The Labute approximate surface area is 288 Å². The monoisotopic (exact) mass is 687 g/mol. The molecule has 1 heterocycles. The van der Waals surface area contributed by atoms with Crippen molar-refractivity contribution in [2.45, 2.75) is 97.5 Å². The van der Waals surface area contributed by atoms with E-state index < -0.39 is 48.3 Å². The highest BCUT2D eigenvalue weighted by molar-refractivity contribution is 7.09. The number of thiazole rings is 1. The van der Waals surface area contributed by atoms with Crippen molar-refractivity contribution in [1.29, 1.82) is 0 Å². The van der Waals surface area contributed by atoms with Gasteiger partial charge in [0.15, 0.2) is 5.78 Å². The first-order chi connectivity index (χ1) is 22.6. The van der Waals surface area contributed by atoms with Crippen LogP contribution >= 0.6 is 11.3 Å². The summed E-state index contributed by atoms with van der Waals surface area (Å²) in [7, 11) is 5.00. The molecule has 2 unspecified atom stereocenters. The number of ketones is 1. The summed E-state index contributed by atoms with van der Waals surface area (Å²) in [5.74, 6) is -2.95. The Bertz CT molecular complexity index is 1370. The van der Waals surface area contributed by atoms with Gasteiger partial charge in [-0.3, -0.25) is 24.0 Å². The van der Waals surface area contributed by atoms with Gasteiger partial charge in [-0.15, -0.1) is 11.3 Å². The molecule has 0 aliphatic rings. The zero-order valence-electron chi connectivity index (χ0n) is 29.6. The molecular formula is C35H53N5O7S. The number of Topliss-reactive ketones (excluding diaryl/α,β-unsaturated/α-hetero) is 1. The quantitative estimate of drug-likeness (QED) is 0.151. The molecule has 266 valence electrons. The number of nitrogens with zero attached hydrogens (tertiary/aromatic N) is 2. The van der Waals surface area contributed by atoms with Gasteiger partial charge in [-0.05, 0) is 36.8 Å². The molecular weight excluding hydrogens is 634 g/mol. The summed E-state index contributed by atoms with van der Waals surface area (Å²) in [6.07, 6.45) is -0.0617. The molecule has 0 aliphatic heterocycles. The maximum absolute atomic E-state index is 14.0. The molecule has 6 atom stereocenters. The molecule has 0 spiro atoms. The van der Waals surface area contributed by atoms with Crippen molar-refractivity contribution in [2.75, 3.05) is 21.2 Å². The van der Waals surface area contributed by atoms with E-state index >= 15 is 0 Å². The van der Waals surface area contributed by atoms with Gasteiger partial charge in [0.2, 0.25) is 11.8 Å². The number of carboxylic acids is 1. The van der Waals surface area contributed by atoms with Crippen LogP contribution in [0, 0.1) is 17.8 Å². The third kappa shape index (κ3) is 11.5. The molecule has 4 N–H and O–H groups in total. The minimum atomic E-state index is -1.27. The van der Waals surface area contributed by atoms with Gasteiger partial charge in [-0.2, -0.15) is 0 Å². The second kappa shape index (κ2) is 19.4. The predicted molar refractivity (Wildman–Crippen MR) is 186 cm³/mol. The largest absolute Gasteiger partial charge is 0.481 e. The van der Waals surface area contributed by atoms with Crippen LogP contribution in [0.15, 0.2) is 35.7 Å². The van der Waals surface area contributed by atoms with E-state index in [1.54, 1.807) is 48.6 Å². The first-order valence-corrected chi connectivity index (χ1v) is 17.3. The average Bonchev–Trinajstić information content (AvgIpc) is 3.53. The summed E-state index contributed by atoms with van der Waals surface area (Å²) in [5, 5.41) is 20.0. The molecule has 12 nitrogen and oxygen atoms in total. The van der Waals surface area contributed by atoms with Gasteiger partial charge in [0.05, 0.1) is 12.1 Å². The highest BCUT2D eigenvalue weighted by Crippen LogP contribution is 2.30. The lowest BCUT2D eigenvalue weighted by atomic mass is 9.92. The van der Waals surface area contributed by atoms with Crippen LogP contribution in [0.1, 0.15) is 88.0 Å². The fourth-order valence-corrected chi connectivity index (χ4v) is 6.50. The van der Waals surface area contributed by atoms with Crippen LogP contribution < -0.4 is 16.0 Å². The number of hydrogen-bond acceptors (Lipinski definition) is 9. The maximum atomic E-state index is 14.0. The summed E-state index contributed by atoms with van der Waals surface area (Å²) in [6, 6.07) is 6.54. The Kier molecular flexibility index (Phi) is 16.3. The number of ether oxygens (including phenoxy) is 1. The molecule has 1 aromatic heterocycles. The number of carbonyl (C=O) groups excluding carboxylic acids is 4. The lowest BCUT2D eigenvalue weighted by molar-refractivity contribution is -0.141. The number of rotatable bonds is 20. The number of hydrogen-bond donors (Lipinski definition) is 4. The Balaban J connectivity index is 2.26.